The molecule has 1 aliphatic heterocycles. The number of carbonyl (C=O) groups is 3. The molecule has 2 unspecified atom stereocenters. The number of alkyl halides is 3. The fourth-order valence-electron chi connectivity index (χ4n) is 4.22. The molecule has 2 amide bonds. The zero-order chi connectivity index (χ0) is 24.5. The van der Waals surface area contributed by atoms with Crippen LogP contribution in [0.4, 0.5) is 18.0 Å². The van der Waals surface area contributed by atoms with Crippen LogP contribution in [0.1, 0.15) is 17.0 Å². The van der Waals surface area contributed by atoms with Gasteiger partial charge in [0.25, 0.3) is 5.91 Å². The van der Waals surface area contributed by atoms with Crippen molar-refractivity contribution < 1.29 is 42.1 Å². The van der Waals surface area contributed by atoms with Crippen LogP contribution in [0.5, 0.6) is 0 Å². The van der Waals surface area contributed by atoms with Crippen LogP contribution < -0.4 is 5.32 Å². The normalized spacial score (nSPS) is 18.6. The highest BCUT2D eigenvalue weighted by Crippen LogP contribution is 2.44. The number of aliphatic carboxylic acids is 1. The fraction of sp³-hybridized carbons (Fsp3) is 0.348. The molecule has 0 saturated carbocycles. The van der Waals surface area contributed by atoms with Crippen LogP contribution in [0.2, 0.25) is 0 Å². The minimum atomic E-state index is -5.11. The summed E-state index contributed by atoms with van der Waals surface area (Å²) in [7, 11) is 0. The van der Waals surface area contributed by atoms with Crippen LogP contribution >= 0.6 is 0 Å². The molecule has 1 heterocycles. The Morgan fingerprint density at radius 1 is 1.09 bits per heavy atom. The molecule has 2 aromatic carbocycles. The van der Waals surface area contributed by atoms with Gasteiger partial charge in [0.1, 0.15) is 6.61 Å². The smallest absolute Gasteiger partial charge is 0.417 e. The average molecular weight is 478 g/mol. The number of fused-ring (bicyclic) bond motifs is 3. The summed E-state index contributed by atoms with van der Waals surface area (Å²) in [6, 6.07) is 12.1. The first kappa shape index (κ1) is 23.6. The van der Waals surface area contributed by atoms with Crippen LogP contribution in [-0.2, 0) is 19.1 Å². The fourth-order valence-corrected chi connectivity index (χ4v) is 4.22. The Balaban J connectivity index is 1.44. The van der Waals surface area contributed by atoms with Gasteiger partial charge in [-0.2, -0.15) is 13.2 Å². The van der Waals surface area contributed by atoms with E-state index in [1.165, 1.54) is 0 Å². The highest BCUT2D eigenvalue weighted by molar-refractivity contribution is 5.87. The summed E-state index contributed by atoms with van der Waals surface area (Å²) in [4.78, 5) is 36.6. The lowest BCUT2D eigenvalue weighted by atomic mass is 9.98. The molecule has 1 aliphatic carbocycles. The average Bonchev–Trinajstić information content (AvgIpc) is 3.14. The number of halogens is 3. The summed E-state index contributed by atoms with van der Waals surface area (Å²) in [5, 5.41) is 10.6. The first-order valence-corrected chi connectivity index (χ1v) is 10.5. The minimum absolute atomic E-state index is 0.225. The van der Waals surface area contributed by atoms with Crippen molar-refractivity contribution in [2.75, 3.05) is 26.3 Å². The van der Waals surface area contributed by atoms with E-state index in [9.17, 15) is 27.6 Å². The highest BCUT2D eigenvalue weighted by atomic mass is 19.4. The number of carboxylic acids is 1. The van der Waals surface area contributed by atoms with Gasteiger partial charge in [-0.25, -0.2) is 9.59 Å². The third-order valence-electron chi connectivity index (χ3n) is 5.83. The number of benzene rings is 2. The molecule has 0 radical (unpaired) electrons. The maximum Gasteiger partial charge on any atom is 0.417 e. The number of nitrogens with zero attached hydrogens (tertiary/aromatic N) is 1. The molecule has 8 nitrogen and oxygen atoms in total. The molecule has 2 atom stereocenters. The maximum atomic E-state index is 13.6. The van der Waals surface area contributed by atoms with E-state index in [-0.39, 0.29) is 25.7 Å². The summed E-state index contributed by atoms with van der Waals surface area (Å²) in [6.45, 7) is -1.26. The lowest BCUT2D eigenvalue weighted by Crippen LogP contribution is -2.59. The zero-order valence-electron chi connectivity index (χ0n) is 17.7. The predicted octanol–water partition coefficient (Wildman–Crippen LogP) is 2.77. The molecule has 0 spiro atoms. The van der Waals surface area contributed by atoms with E-state index in [0.717, 1.165) is 22.3 Å². The van der Waals surface area contributed by atoms with Crippen LogP contribution in [0.3, 0.4) is 0 Å². The Hall–Kier alpha value is -3.60. The topological polar surface area (TPSA) is 105 Å². The van der Waals surface area contributed by atoms with Gasteiger partial charge in [-0.15, -0.1) is 0 Å². The highest BCUT2D eigenvalue weighted by Gasteiger charge is 2.49. The van der Waals surface area contributed by atoms with Crippen molar-refractivity contribution in [2.24, 2.45) is 0 Å². The quantitative estimate of drug-likeness (QED) is 0.685. The minimum Gasteiger partial charge on any atom is -0.479 e. The first-order valence-electron chi connectivity index (χ1n) is 10.5. The number of hydrogen-bond acceptors (Lipinski definition) is 5. The Morgan fingerprint density at radius 3 is 2.24 bits per heavy atom. The van der Waals surface area contributed by atoms with Crippen molar-refractivity contribution in [3.8, 4) is 11.1 Å². The van der Waals surface area contributed by atoms with Crippen molar-refractivity contribution in [1.29, 1.82) is 0 Å². The van der Waals surface area contributed by atoms with E-state index in [0.29, 0.717) is 4.90 Å². The second-order valence-corrected chi connectivity index (χ2v) is 7.93. The number of carboxylic acid groups (broad SMARTS) is 1. The second kappa shape index (κ2) is 9.34. The van der Waals surface area contributed by atoms with E-state index < -0.39 is 42.8 Å². The van der Waals surface area contributed by atoms with Crippen molar-refractivity contribution in [2.45, 2.75) is 24.2 Å². The van der Waals surface area contributed by atoms with Crippen molar-refractivity contribution in [3.63, 3.8) is 0 Å². The van der Waals surface area contributed by atoms with E-state index >= 15 is 0 Å². The summed E-state index contributed by atoms with van der Waals surface area (Å²) in [5.41, 5.74) is 3.67. The monoisotopic (exact) mass is 478 g/mol. The van der Waals surface area contributed by atoms with Crippen molar-refractivity contribution in [3.05, 3.63) is 59.7 Å². The molecule has 11 heteroatoms. The third-order valence-corrected chi connectivity index (χ3v) is 5.83. The van der Waals surface area contributed by atoms with E-state index in [1.807, 2.05) is 48.5 Å². The summed E-state index contributed by atoms with van der Waals surface area (Å²) in [6.07, 6.45) is -7.96. The predicted molar refractivity (Wildman–Crippen MR) is 112 cm³/mol. The number of alkyl carbamates (subject to hydrolysis) is 1. The van der Waals surface area contributed by atoms with Crippen LogP contribution in [0.25, 0.3) is 11.1 Å². The Morgan fingerprint density at radius 2 is 1.68 bits per heavy atom. The summed E-state index contributed by atoms with van der Waals surface area (Å²) in [5.74, 6) is -3.24. The van der Waals surface area contributed by atoms with Gasteiger partial charge in [0.05, 0.1) is 13.2 Å². The molecule has 0 bridgehead atoms. The zero-order valence-corrected chi connectivity index (χ0v) is 17.7. The number of carbonyl (C=O) groups excluding carboxylic acids is 2. The molecular weight excluding hydrogens is 457 g/mol. The van der Waals surface area contributed by atoms with Gasteiger partial charge < -0.3 is 24.8 Å². The number of rotatable bonds is 5. The van der Waals surface area contributed by atoms with Gasteiger partial charge >= 0.3 is 18.2 Å². The molecule has 0 aromatic heterocycles. The molecule has 2 N–H and O–H groups in total. The van der Waals surface area contributed by atoms with Crippen LogP contribution in [0.15, 0.2) is 48.5 Å². The van der Waals surface area contributed by atoms with Crippen molar-refractivity contribution >= 4 is 18.0 Å². The molecule has 34 heavy (non-hydrogen) atoms. The van der Waals surface area contributed by atoms with Gasteiger partial charge in [-0.1, -0.05) is 48.5 Å². The molecule has 4 rings (SSSR count). The van der Waals surface area contributed by atoms with Crippen LogP contribution in [-0.4, -0.2) is 72.6 Å². The maximum absolute atomic E-state index is 13.6. The van der Waals surface area contributed by atoms with E-state index in [4.69, 9.17) is 14.6 Å². The lowest BCUT2D eigenvalue weighted by molar-refractivity contribution is -0.180. The van der Waals surface area contributed by atoms with Gasteiger partial charge in [0.2, 0.25) is 6.04 Å². The number of morpholine rings is 1. The Kier molecular flexibility index (Phi) is 6.47. The van der Waals surface area contributed by atoms with Crippen LogP contribution in [0, 0.1) is 0 Å². The molecule has 2 aliphatic rings. The molecule has 180 valence electrons. The largest absolute Gasteiger partial charge is 0.479 e. The van der Waals surface area contributed by atoms with E-state index in [2.05, 4.69) is 0 Å². The Labute approximate surface area is 192 Å². The van der Waals surface area contributed by atoms with Gasteiger partial charge in [-0.3, -0.25) is 4.79 Å². The second-order valence-electron chi connectivity index (χ2n) is 7.93. The van der Waals surface area contributed by atoms with Crippen molar-refractivity contribution in [1.82, 2.24) is 10.2 Å². The lowest BCUT2D eigenvalue weighted by Gasteiger charge is -2.33. The number of ether oxygens (including phenoxy) is 2. The number of amides is 2. The third kappa shape index (κ3) is 4.69. The SMILES string of the molecule is O=C(NC(C(=O)N1CCOC(C(=O)O)C1)C(F)(F)F)OCC1c2ccccc2-c2ccccc21. The molecule has 1 saturated heterocycles. The number of nitrogens with one attached hydrogen (secondary N) is 1. The molecule has 1 fully saturated rings. The number of hydrogen-bond donors (Lipinski definition) is 2. The standard InChI is InChI=1S/C23H21F3N2O6/c24-23(25,26)19(20(29)28-9-10-33-18(11-28)21(30)31)27-22(32)34-12-17-15-7-3-1-5-13(15)14-6-2-4-8-16(14)17/h1-8,17-19H,9-12H2,(H,27,32)(H,30,31). The van der Waals surface area contributed by atoms with Gasteiger partial charge in [0, 0.05) is 12.5 Å². The molecule has 2 aromatic rings. The Bertz CT molecular complexity index is 1060. The van der Waals surface area contributed by atoms with E-state index in [1.54, 1.807) is 5.32 Å². The van der Waals surface area contributed by atoms with Gasteiger partial charge in [0.15, 0.2) is 6.10 Å². The summed E-state index contributed by atoms with van der Waals surface area (Å²) < 4.78 is 50.9. The summed E-state index contributed by atoms with van der Waals surface area (Å²) >= 11 is 0. The molecular formula is C23H21F3N2O6. The van der Waals surface area contributed by atoms with Gasteiger partial charge in [-0.05, 0) is 22.3 Å². The first-order chi connectivity index (χ1) is 16.2.